The first-order chi connectivity index (χ1) is 6.63. The summed E-state index contributed by atoms with van der Waals surface area (Å²) in [6.45, 7) is 6.44. The van der Waals surface area contributed by atoms with Gasteiger partial charge in [-0.2, -0.15) is 0 Å². The monoisotopic (exact) mass is 197 g/mol. The molecule has 0 amide bonds. The van der Waals surface area contributed by atoms with Crippen LogP contribution in [0, 0.1) is 5.41 Å². The Hall–Kier alpha value is -0.0800. The minimum absolute atomic E-state index is 0.189. The summed E-state index contributed by atoms with van der Waals surface area (Å²) in [6, 6.07) is 0.340. The fourth-order valence-electron chi connectivity index (χ4n) is 2.89. The van der Waals surface area contributed by atoms with E-state index in [2.05, 4.69) is 11.8 Å². The van der Waals surface area contributed by atoms with Gasteiger partial charge in [0.05, 0.1) is 6.10 Å². The maximum atomic E-state index is 9.53. The number of rotatable bonds is 2. The summed E-state index contributed by atoms with van der Waals surface area (Å²) in [5.41, 5.74) is 0.731. The number of nitrogens with zero attached hydrogens (tertiary/aromatic N) is 1. The highest BCUT2D eigenvalue weighted by Gasteiger charge is 2.40. The van der Waals surface area contributed by atoms with Gasteiger partial charge in [-0.05, 0) is 58.0 Å². The summed E-state index contributed by atoms with van der Waals surface area (Å²) >= 11 is 0. The van der Waals surface area contributed by atoms with E-state index in [-0.39, 0.29) is 6.10 Å². The Bertz CT molecular complexity index is 188. The van der Waals surface area contributed by atoms with Gasteiger partial charge < -0.3 is 5.11 Å². The summed E-state index contributed by atoms with van der Waals surface area (Å²) in [4.78, 5) is 2.45. The van der Waals surface area contributed by atoms with Crippen LogP contribution in [-0.4, -0.2) is 35.2 Å². The van der Waals surface area contributed by atoms with Crippen LogP contribution in [0.25, 0.3) is 0 Å². The third kappa shape index (κ3) is 1.82. The highest BCUT2D eigenvalue weighted by molar-refractivity contribution is 4.93. The number of piperidine rings is 1. The molecule has 0 radical (unpaired) electrons. The number of aliphatic hydroxyl groups is 1. The highest BCUT2D eigenvalue weighted by Crippen LogP contribution is 2.49. The van der Waals surface area contributed by atoms with Crippen LogP contribution < -0.4 is 0 Å². The summed E-state index contributed by atoms with van der Waals surface area (Å²) in [7, 11) is 0. The van der Waals surface area contributed by atoms with Gasteiger partial charge in [0.2, 0.25) is 0 Å². The van der Waals surface area contributed by atoms with Crippen molar-refractivity contribution in [3.05, 3.63) is 0 Å². The smallest absolute Gasteiger partial charge is 0.0664 e. The molecule has 2 atom stereocenters. The Balaban J connectivity index is 1.83. The van der Waals surface area contributed by atoms with E-state index in [9.17, 15) is 5.11 Å². The van der Waals surface area contributed by atoms with Crippen LogP contribution in [0.5, 0.6) is 0 Å². The van der Waals surface area contributed by atoms with Gasteiger partial charge in [-0.15, -0.1) is 0 Å². The second-order valence-corrected chi connectivity index (χ2v) is 5.37. The molecule has 0 aromatic heterocycles. The number of aliphatic hydroxyl groups excluding tert-OH is 1. The molecule has 1 N–H and O–H groups in total. The lowest BCUT2D eigenvalue weighted by atomic mass is 9.63. The molecule has 1 aliphatic carbocycles. The molecule has 2 aliphatic rings. The Morgan fingerprint density at radius 3 is 2.00 bits per heavy atom. The fraction of sp³-hybridized carbons (Fsp3) is 1.00. The van der Waals surface area contributed by atoms with Crippen molar-refractivity contribution in [3.8, 4) is 0 Å². The minimum Gasteiger partial charge on any atom is -0.392 e. The average Bonchev–Trinajstić information content (AvgIpc) is 2.14. The van der Waals surface area contributed by atoms with Gasteiger partial charge in [-0.3, -0.25) is 4.90 Å². The zero-order valence-corrected chi connectivity index (χ0v) is 9.50. The molecule has 1 saturated heterocycles. The predicted octanol–water partition coefficient (Wildman–Crippen LogP) is 2.02. The van der Waals surface area contributed by atoms with Crippen molar-refractivity contribution in [1.29, 1.82) is 0 Å². The lowest BCUT2D eigenvalue weighted by Crippen LogP contribution is -2.49. The van der Waals surface area contributed by atoms with Gasteiger partial charge in [0, 0.05) is 6.04 Å². The molecule has 1 spiro atoms. The summed E-state index contributed by atoms with van der Waals surface area (Å²) in [5, 5.41) is 9.53. The van der Waals surface area contributed by atoms with E-state index in [1.54, 1.807) is 0 Å². The van der Waals surface area contributed by atoms with Gasteiger partial charge in [0.1, 0.15) is 0 Å². The molecule has 2 unspecified atom stereocenters. The Labute approximate surface area is 87.3 Å². The Morgan fingerprint density at radius 2 is 1.64 bits per heavy atom. The van der Waals surface area contributed by atoms with Crippen LogP contribution in [0.1, 0.15) is 46.0 Å². The molecule has 2 heteroatoms. The van der Waals surface area contributed by atoms with E-state index in [4.69, 9.17) is 0 Å². The van der Waals surface area contributed by atoms with E-state index < -0.39 is 0 Å². The SMILES string of the molecule is CC(O)C(C)N1CCC2(CCC2)CC1. The summed E-state index contributed by atoms with van der Waals surface area (Å²) in [5.74, 6) is 0. The lowest BCUT2D eigenvalue weighted by molar-refractivity contribution is -0.00913. The Kier molecular flexibility index (Phi) is 2.85. The highest BCUT2D eigenvalue weighted by atomic mass is 16.3. The predicted molar refractivity (Wildman–Crippen MR) is 58.2 cm³/mol. The van der Waals surface area contributed by atoms with E-state index in [1.807, 2.05) is 6.92 Å². The fourth-order valence-corrected chi connectivity index (χ4v) is 2.89. The first-order valence-corrected chi connectivity index (χ1v) is 6.05. The summed E-state index contributed by atoms with van der Waals surface area (Å²) in [6.07, 6.45) is 6.92. The van der Waals surface area contributed by atoms with Crippen LogP contribution in [0.4, 0.5) is 0 Å². The zero-order chi connectivity index (χ0) is 10.2. The molecule has 2 nitrogen and oxygen atoms in total. The van der Waals surface area contributed by atoms with Crippen LogP contribution in [0.2, 0.25) is 0 Å². The molecular weight excluding hydrogens is 174 g/mol. The van der Waals surface area contributed by atoms with Crippen LogP contribution in [0.3, 0.4) is 0 Å². The van der Waals surface area contributed by atoms with Gasteiger partial charge in [-0.25, -0.2) is 0 Å². The van der Waals surface area contributed by atoms with E-state index in [1.165, 1.54) is 45.2 Å². The van der Waals surface area contributed by atoms with Crippen LogP contribution >= 0.6 is 0 Å². The molecular formula is C12H23NO. The molecule has 14 heavy (non-hydrogen) atoms. The molecule has 0 aromatic rings. The topological polar surface area (TPSA) is 23.5 Å². The van der Waals surface area contributed by atoms with Crippen molar-refractivity contribution in [2.24, 2.45) is 5.41 Å². The minimum atomic E-state index is -0.189. The van der Waals surface area contributed by atoms with Gasteiger partial charge in [-0.1, -0.05) is 6.42 Å². The van der Waals surface area contributed by atoms with Crippen molar-refractivity contribution in [2.45, 2.75) is 58.1 Å². The molecule has 0 aromatic carbocycles. The van der Waals surface area contributed by atoms with Crippen molar-refractivity contribution in [2.75, 3.05) is 13.1 Å². The third-order valence-corrected chi connectivity index (χ3v) is 4.55. The van der Waals surface area contributed by atoms with E-state index in [0.29, 0.717) is 6.04 Å². The van der Waals surface area contributed by atoms with Crippen LogP contribution in [0.15, 0.2) is 0 Å². The normalized spacial score (nSPS) is 31.1. The van der Waals surface area contributed by atoms with Crippen molar-refractivity contribution >= 4 is 0 Å². The largest absolute Gasteiger partial charge is 0.392 e. The zero-order valence-electron chi connectivity index (χ0n) is 9.50. The Morgan fingerprint density at radius 1 is 1.07 bits per heavy atom. The first kappa shape index (κ1) is 10.4. The maximum absolute atomic E-state index is 9.53. The van der Waals surface area contributed by atoms with Gasteiger partial charge in [0.15, 0.2) is 0 Å². The van der Waals surface area contributed by atoms with Crippen LogP contribution in [-0.2, 0) is 0 Å². The molecule has 1 saturated carbocycles. The molecule has 1 heterocycles. The first-order valence-electron chi connectivity index (χ1n) is 6.05. The molecule has 2 rings (SSSR count). The maximum Gasteiger partial charge on any atom is 0.0664 e. The molecule has 82 valence electrons. The lowest BCUT2D eigenvalue weighted by Gasteiger charge is -2.49. The van der Waals surface area contributed by atoms with Crippen molar-refractivity contribution < 1.29 is 5.11 Å². The quantitative estimate of drug-likeness (QED) is 0.732. The molecule has 1 aliphatic heterocycles. The number of hydrogen-bond donors (Lipinski definition) is 1. The molecule has 2 fully saturated rings. The number of likely N-dealkylation sites (tertiary alicyclic amines) is 1. The van der Waals surface area contributed by atoms with Gasteiger partial charge >= 0.3 is 0 Å². The standard InChI is InChI=1S/C12H23NO/c1-10(11(2)14)13-8-6-12(7-9-13)4-3-5-12/h10-11,14H,3-9H2,1-2H3. The van der Waals surface area contributed by atoms with Crippen molar-refractivity contribution in [1.82, 2.24) is 4.90 Å². The second-order valence-electron chi connectivity index (χ2n) is 5.37. The van der Waals surface area contributed by atoms with E-state index in [0.717, 1.165) is 5.41 Å². The van der Waals surface area contributed by atoms with Crippen molar-refractivity contribution in [3.63, 3.8) is 0 Å². The molecule has 0 bridgehead atoms. The van der Waals surface area contributed by atoms with E-state index >= 15 is 0 Å². The second kappa shape index (κ2) is 3.82. The van der Waals surface area contributed by atoms with Gasteiger partial charge in [0.25, 0.3) is 0 Å². The number of hydrogen-bond acceptors (Lipinski definition) is 2. The average molecular weight is 197 g/mol. The summed E-state index contributed by atoms with van der Waals surface area (Å²) < 4.78 is 0. The third-order valence-electron chi connectivity index (χ3n) is 4.55.